The number of hydrogen-bond donors (Lipinski definition) is 0. The summed E-state index contributed by atoms with van der Waals surface area (Å²) in [4.78, 5) is 13.1. The fourth-order valence-electron chi connectivity index (χ4n) is 3.56. The quantitative estimate of drug-likeness (QED) is 0.543. The van der Waals surface area contributed by atoms with Crippen molar-refractivity contribution < 1.29 is 17.9 Å². The highest BCUT2D eigenvalue weighted by Crippen LogP contribution is 2.33. The van der Waals surface area contributed by atoms with Gasteiger partial charge in [0.05, 0.1) is 5.02 Å². The van der Waals surface area contributed by atoms with Gasteiger partial charge in [0.2, 0.25) is 0 Å². The summed E-state index contributed by atoms with van der Waals surface area (Å²) in [5, 5.41) is 4.57. The van der Waals surface area contributed by atoms with E-state index in [4.69, 9.17) is 11.6 Å². The number of halogens is 4. The lowest BCUT2D eigenvalue weighted by molar-refractivity contribution is -0.274. The smallest absolute Gasteiger partial charge is 0.406 e. The van der Waals surface area contributed by atoms with Crippen molar-refractivity contribution in [3.63, 3.8) is 0 Å². The minimum Gasteiger partial charge on any atom is -0.406 e. The van der Waals surface area contributed by atoms with E-state index in [1.165, 1.54) is 10.6 Å². The highest BCUT2D eigenvalue weighted by Gasteiger charge is 2.31. The van der Waals surface area contributed by atoms with Gasteiger partial charge in [0, 0.05) is 18.3 Å². The Kier molecular flexibility index (Phi) is 5.67. The maximum absolute atomic E-state index is 13.1. The van der Waals surface area contributed by atoms with E-state index in [2.05, 4.69) is 23.7 Å². The Bertz CT molecular complexity index is 1110. The van der Waals surface area contributed by atoms with Crippen molar-refractivity contribution in [1.82, 2.24) is 14.2 Å². The largest absolute Gasteiger partial charge is 0.573 e. The molecule has 0 fully saturated rings. The first kappa shape index (κ1) is 21.2. The summed E-state index contributed by atoms with van der Waals surface area (Å²) in [5.74, 6) is 0.0489. The van der Waals surface area contributed by atoms with Crippen molar-refractivity contribution >= 4 is 17.1 Å². The van der Waals surface area contributed by atoms with E-state index < -0.39 is 12.1 Å². The van der Waals surface area contributed by atoms with Gasteiger partial charge in [-0.05, 0) is 55.5 Å². The second kappa shape index (κ2) is 7.74. The van der Waals surface area contributed by atoms with Gasteiger partial charge in [0.15, 0.2) is 5.82 Å². The summed E-state index contributed by atoms with van der Waals surface area (Å²) in [6.45, 7) is 6.00. The fourth-order valence-corrected chi connectivity index (χ4v) is 3.82. The molecule has 5 nitrogen and oxygen atoms in total. The molecule has 29 heavy (non-hydrogen) atoms. The van der Waals surface area contributed by atoms with Gasteiger partial charge in [-0.15, -0.1) is 18.3 Å². The van der Waals surface area contributed by atoms with E-state index in [-0.39, 0.29) is 22.3 Å². The third kappa shape index (κ3) is 3.99. The third-order valence-corrected chi connectivity index (χ3v) is 5.36. The normalized spacial score (nSPS) is 12.2. The molecule has 0 bridgehead atoms. The lowest BCUT2D eigenvalue weighted by Gasteiger charge is -2.14. The van der Waals surface area contributed by atoms with E-state index in [0.717, 1.165) is 36.2 Å². The molecule has 156 valence electrons. The van der Waals surface area contributed by atoms with E-state index in [1.807, 2.05) is 13.0 Å². The molecule has 2 aromatic heterocycles. The van der Waals surface area contributed by atoms with Gasteiger partial charge in [0.1, 0.15) is 11.3 Å². The van der Waals surface area contributed by atoms with Crippen LogP contribution in [0, 0.1) is 6.92 Å². The molecule has 0 radical (unpaired) electrons. The van der Waals surface area contributed by atoms with Crippen LogP contribution in [0.1, 0.15) is 43.9 Å². The van der Waals surface area contributed by atoms with Gasteiger partial charge >= 0.3 is 6.36 Å². The molecular weight excluding hydrogens is 407 g/mol. The van der Waals surface area contributed by atoms with Gasteiger partial charge in [0.25, 0.3) is 5.56 Å². The number of benzene rings is 1. The second-order valence-electron chi connectivity index (χ2n) is 6.89. The number of hydrogen-bond acceptors (Lipinski definition) is 3. The molecule has 0 N–H and O–H groups in total. The van der Waals surface area contributed by atoms with Crippen molar-refractivity contribution in [2.45, 2.75) is 45.9 Å². The minimum absolute atomic E-state index is 0.00127. The van der Waals surface area contributed by atoms with E-state index >= 15 is 0 Å². The first-order chi connectivity index (χ1) is 13.6. The van der Waals surface area contributed by atoms with Crippen molar-refractivity contribution in [3.05, 3.63) is 50.9 Å². The van der Waals surface area contributed by atoms with Crippen LogP contribution in [-0.4, -0.2) is 20.5 Å². The average Bonchev–Trinajstić information content (AvgIpc) is 2.95. The van der Waals surface area contributed by atoms with E-state index in [1.54, 1.807) is 11.6 Å². The number of alkyl halides is 3. The Labute approximate surface area is 170 Å². The van der Waals surface area contributed by atoms with Crippen LogP contribution in [0.25, 0.3) is 16.9 Å². The standard InChI is InChI=1S/C20H21ClF3N3O2/c1-5-12(6-2)15-9-11(3)27-17(15)19(28)26(4)18(25-27)14-8-7-13(10-16(14)21)29-20(22,23)24/h7-10,12H,5-6H2,1-4H3. The zero-order chi connectivity index (χ0) is 21.5. The SMILES string of the molecule is CCC(CC)c1cc(C)n2nc(-c3ccc(OC(F)(F)F)cc3Cl)n(C)c(=O)c12. The van der Waals surface area contributed by atoms with Crippen LogP contribution >= 0.6 is 11.6 Å². The van der Waals surface area contributed by atoms with Crippen LogP contribution < -0.4 is 10.3 Å². The first-order valence-electron chi connectivity index (χ1n) is 9.22. The van der Waals surface area contributed by atoms with Crippen molar-refractivity contribution in [1.29, 1.82) is 0 Å². The van der Waals surface area contributed by atoms with Crippen LogP contribution in [0.15, 0.2) is 29.1 Å². The monoisotopic (exact) mass is 427 g/mol. The molecule has 0 spiro atoms. The van der Waals surface area contributed by atoms with Gasteiger partial charge in [-0.3, -0.25) is 9.36 Å². The zero-order valence-corrected chi connectivity index (χ0v) is 17.2. The highest BCUT2D eigenvalue weighted by atomic mass is 35.5. The Hall–Kier alpha value is -2.48. The third-order valence-electron chi connectivity index (χ3n) is 5.04. The molecule has 1 aromatic carbocycles. The predicted octanol–water partition coefficient (Wildman–Crippen LogP) is 5.46. The van der Waals surface area contributed by atoms with Crippen LogP contribution in [0.4, 0.5) is 13.2 Å². The number of aryl methyl sites for hydroxylation is 1. The summed E-state index contributed by atoms with van der Waals surface area (Å²) in [6.07, 6.45) is -3.03. The lowest BCUT2D eigenvalue weighted by atomic mass is 9.95. The topological polar surface area (TPSA) is 48.5 Å². The number of aromatic nitrogens is 3. The number of fused-ring (bicyclic) bond motifs is 1. The molecule has 3 rings (SSSR count). The summed E-state index contributed by atoms with van der Waals surface area (Å²) < 4.78 is 44.1. The summed E-state index contributed by atoms with van der Waals surface area (Å²) in [6, 6.07) is 5.52. The van der Waals surface area contributed by atoms with E-state index in [9.17, 15) is 18.0 Å². The number of ether oxygens (including phenoxy) is 1. The Morgan fingerprint density at radius 3 is 2.41 bits per heavy atom. The van der Waals surface area contributed by atoms with Crippen molar-refractivity contribution in [2.24, 2.45) is 7.05 Å². The van der Waals surface area contributed by atoms with Gasteiger partial charge in [-0.25, -0.2) is 4.52 Å². The molecule has 0 unspecified atom stereocenters. The van der Waals surface area contributed by atoms with Gasteiger partial charge in [-0.1, -0.05) is 25.4 Å². The van der Waals surface area contributed by atoms with E-state index in [0.29, 0.717) is 11.1 Å². The Morgan fingerprint density at radius 2 is 1.86 bits per heavy atom. The molecule has 0 saturated heterocycles. The van der Waals surface area contributed by atoms with Crippen LogP contribution in [0.5, 0.6) is 5.75 Å². The lowest BCUT2D eigenvalue weighted by Crippen LogP contribution is -2.24. The maximum atomic E-state index is 13.1. The van der Waals surface area contributed by atoms with Crippen molar-refractivity contribution in [2.75, 3.05) is 0 Å². The molecule has 9 heteroatoms. The first-order valence-corrected chi connectivity index (χ1v) is 9.60. The molecule has 0 atom stereocenters. The molecule has 3 aromatic rings. The molecule has 2 heterocycles. The molecule has 0 aliphatic carbocycles. The minimum atomic E-state index is -4.82. The second-order valence-corrected chi connectivity index (χ2v) is 7.30. The highest BCUT2D eigenvalue weighted by molar-refractivity contribution is 6.33. The molecular formula is C20H21ClF3N3O2. The molecule has 0 saturated carbocycles. The summed E-state index contributed by atoms with van der Waals surface area (Å²) >= 11 is 6.20. The van der Waals surface area contributed by atoms with Gasteiger partial charge < -0.3 is 4.74 Å². The molecule has 0 aliphatic heterocycles. The summed E-state index contributed by atoms with van der Waals surface area (Å²) in [7, 11) is 1.57. The predicted molar refractivity (Wildman–Crippen MR) is 106 cm³/mol. The molecule has 0 amide bonds. The summed E-state index contributed by atoms with van der Waals surface area (Å²) in [5.41, 5.74) is 2.35. The maximum Gasteiger partial charge on any atom is 0.573 e. The number of rotatable bonds is 5. The fraction of sp³-hybridized carbons (Fsp3) is 0.400. The van der Waals surface area contributed by atoms with Gasteiger partial charge in [-0.2, -0.15) is 0 Å². The van der Waals surface area contributed by atoms with Crippen LogP contribution in [0.3, 0.4) is 0 Å². The zero-order valence-electron chi connectivity index (χ0n) is 16.5. The Balaban J connectivity index is 2.18. The van der Waals surface area contributed by atoms with Crippen LogP contribution in [-0.2, 0) is 7.05 Å². The molecule has 0 aliphatic rings. The van der Waals surface area contributed by atoms with Crippen molar-refractivity contribution in [3.8, 4) is 17.1 Å². The number of nitrogens with zero attached hydrogens (tertiary/aromatic N) is 3. The average molecular weight is 428 g/mol. The van der Waals surface area contributed by atoms with Crippen LogP contribution in [0.2, 0.25) is 5.02 Å². The Morgan fingerprint density at radius 1 is 1.21 bits per heavy atom.